The highest BCUT2D eigenvalue weighted by atomic mass is 32.2. The van der Waals surface area contributed by atoms with Crippen molar-refractivity contribution in [1.82, 2.24) is 4.98 Å². The number of benzene rings is 1. The fourth-order valence-electron chi connectivity index (χ4n) is 3.06. The second kappa shape index (κ2) is 5.82. The van der Waals surface area contributed by atoms with Gasteiger partial charge in [0, 0.05) is 10.9 Å². The summed E-state index contributed by atoms with van der Waals surface area (Å²) in [6.45, 7) is 2.21. The van der Waals surface area contributed by atoms with Crippen molar-refractivity contribution in [3.8, 4) is 0 Å². The third kappa shape index (κ3) is 2.61. The van der Waals surface area contributed by atoms with Crippen molar-refractivity contribution < 1.29 is 4.21 Å². The number of hydrogen-bond acceptors (Lipinski definition) is 4. The van der Waals surface area contributed by atoms with E-state index in [1.807, 2.05) is 18.2 Å². The lowest BCUT2D eigenvalue weighted by atomic mass is 9.87. The molecule has 1 aromatic carbocycles. The first-order valence-electron chi connectivity index (χ1n) is 7.25. The van der Waals surface area contributed by atoms with Crippen LogP contribution in [0.15, 0.2) is 22.5 Å². The number of aromatic nitrogens is 1. The van der Waals surface area contributed by atoms with Crippen LogP contribution < -0.4 is 5.73 Å². The fourth-order valence-corrected chi connectivity index (χ4v) is 6.28. The summed E-state index contributed by atoms with van der Waals surface area (Å²) in [4.78, 5) is 4.56. The highest BCUT2D eigenvalue weighted by molar-refractivity contribution is 7.88. The number of fused-ring (bicyclic) bond motifs is 1. The monoisotopic (exact) mass is 308 g/mol. The SMILES string of the molecule is CCC1CCCCC1S(=O)c1nc2ccc(N)cc2s1. The molecule has 1 aliphatic carbocycles. The average Bonchev–Trinajstić information content (AvgIpc) is 2.89. The van der Waals surface area contributed by atoms with Crippen molar-refractivity contribution >= 4 is 38.0 Å². The van der Waals surface area contributed by atoms with Crippen molar-refractivity contribution in [1.29, 1.82) is 0 Å². The molecule has 3 nitrogen and oxygen atoms in total. The Hall–Kier alpha value is -0.940. The first-order valence-corrected chi connectivity index (χ1v) is 9.28. The molecular weight excluding hydrogens is 288 g/mol. The zero-order valence-corrected chi connectivity index (χ0v) is 13.3. The number of nitrogens with zero attached hydrogens (tertiary/aromatic N) is 1. The first-order chi connectivity index (χ1) is 9.69. The van der Waals surface area contributed by atoms with Crippen LogP contribution in [-0.2, 0) is 10.8 Å². The van der Waals surface area contributed by atoms with E-state index in [1.54, 1.807) is 0 Å². The largest absolute Gasteiger partial charge is 0.399 e. The maximum absolute atomic E-state index is 12.9. The highest BCUT2D eigenvalue weighted by Crippen LogP contribution is 2.35. The molecule has 108 valence electrons. The molecule has 3 rings (SSSR count). The minimum atomic E-state index is -0.972. The van der Waals surface area contributed by atoms with E-state index in [4.69, 9.17) is 5.73 Å². The maximum Gasteiger partial charge on any atom is 0.182 e. The zero-order chi connectivity index (χ0) is 14.1. The quantitative estimate of drug-likeness (QED) is 0.873. The molecule has 2 aromatic rings. The van der Waals surface area contributed by atoms with Gasteiger partial charge in [-0.1, -0.05) is 26.2 Å². The van der Waals surface area contributed by atoms with Crippen molar-refractivity contribution in [2.24, 2.45) is 5.92 Å². The summed E-state index contributed by atoms with van der Waals surface area (Å²) in [5.41, 5.74) is 7.45. The molecule has 0 saturated heterocycles. The zero-order valence-electron chi connectivity index (χ0n) is 11.7. The summed E-state index contributed by atoms with van der Waals surface area (Å²) in [5, 5.41) is 0.284. The molecule has 1 saturated carbocycles. The Labute approximate surface area is 126 Å². The lowest BCUT2D eigenvalue weighted by Crippen LogP contribution is -2.28. The van der Waals surface area contributed by atoms with Crippen LogP contribution in [0, 0.1) is 5.92 Å². The molecule has 3 unspecified atom stereocenters. The van der Waals surface area contributed by atoms with Crippen LogP contribution in [0.2, 0.25) is 0 Å². The van der Waals surface area contributed by atoms with Crippen molar-refractivity contribution in [3.05, 3.63) is 18.2 Å². The fraction of sp³-hybridized carbons (Fsp3) is 0.533. The Morgan fingerprint density at radius 1 is 1.40 bits per heavy atom. The van der Waals surface area contributed by atoms with Gasteiger partial charge in [-0.25, -0.2) is 4.98 Å². The second-order valence-corrected chi connectivity index (χ2v) is 8.37. The summed E-state index contributed by atoms with van der Waals surface area (Å²) in [7, 11) is -0.972. The van der Waals surface area contributed by atoms with Crippen molar-refractivity contribution in [2.75, 3.05) is 5.73 Å². The summed E-state index contributed by atoms with van der Waals surface area (Å²) in [6, 6.07) is 5.69. The molecule has 5 heteroatoms. The van der Waals surface area contributed by atoms with Crippen LogP contribution in [0.3, 0.4) is 0 Å². The summed E-state index contributed by atoms with van der Waals surface area (Å²) >= 11 is 1.53. The Kier molecular flexibility index (Phi) is 4.08. The van der Waals surface area contributed by atoms with Gasteiger partial charge in [-0.05, 0) is 37.0 Å². The molecule has 0 aliphatic heterocycles. The van der Waals surface area contributed by atoms with E-state index in [2.05, 4.69) is 11.9 Å². The summed E-state index contributed by atoms with van der Waals surface area (Å²) in [5.74, 6) is 0.585. The molecule has 0 radical (unpaired) electrons. The average molecular weight is 308 g/mol. The maximum atomic E-state index is 12.9. The normalized spacial score (nSPS) is 24.9. The van der Waals surface area contributed by atoms with Gasteiger partial charge in [-0.15, -0.1) is 11.3 Å². The smallest absolute Gasteiger partial charge is 0.182 e. The number of nitrogen functional groups attached to an aromatic ring is 1. The van der Waals surface area contributed by atoms with Crippen LogP contribution in [-0.4, -0.2) is 14.4 Å². The summed E-state index contributed by atoms with van der Waals surface area (Å²) in [6.07, 6.45) is 5.88. The molecular formula is C15H20N2OS2. The third-order valence-corrected chi connectivity index (χ3v) is 7.37. The highest BCUT2D eigenvalue weighted by Gasteiger charge is 2.30. The molecule has 20 heavy (non-hydrogen) atoms. The van der Waals surface area contributed by atoms with E-state index in [0.29, 0.717) is 5.92 Å². The number of nitrogens with two attached hydrogens (primary N) is 1. The van der Waals surface area contributed by atoms with Crippen LogP contribution in [0.25, 0.3) is 10.2 Å². The number of rotatable bonds is 3. The Morgan fingerprint density at radius 3 is 3.00 bits per heavy atom. The molecule has 1 aliphatic rings. The van der Waals surface area contributed by atoms with Gasteiger partial charge in [0.2, 0.25) is 0 Å². The van der Waals surface area contributed by atoms with Gasteiger partial charge < -0.3 is 5.73 Å². The molecule has 1 fully saturated rings. The Morgan fingerprint density at radius 2 is 2.20 bits per heavy atom. The molecule has 0 spiro atoms. The second-order valence-electron chi connectivity index (χ2n) is 5.50. The Balaban J connectivity index is 1.91. The molecule has 0 bridgehead atoms. The van der Waals surface area contributed by atoms with Crippen LogP contribution in [0.1, 0.15) is 39.0 Å². The molecule has 2 N–H and O–H groups in total. The van der Waals surface area contributed by atoms with Gasteiger partial charge in [-0.3, -0.25) is 4.21 Å². The minimum Gasteiger partial charge on any atom is -0.399 e. The lowest BCUT2D eigenvalue weighted by molar-refractivity contribution is 0.355. The minimum absolute atomic E-state index is 0.284. The van der Waals surface area contributed by atoms with E-state index in [0.717, 1.165) is 33.1 Å². The number of anilines is 1. The van der Waals surface area contributed by atoms with E-state index >= 15 is 0 Å². The van der Waals surface area contributed by atoms with Gasteiger partial charge >= 0.3 is 0 Å². The molecule has 1 heterocycles. The van der Waals surface area contributed by atoms with E-state index in [-0.39, 0.29) is 5.25 Å². The van der Waals surface area contributed by atoms with Gasteiger partial charge in [0.1, 0.15) is 0 Å². The van der Waals surface area contributed by atoms with Crippen molar-refractivity contribution in [2.45, 2.75) is 48.6 Å². The molecule has 3 atom stereocenters. The molecule has 1 aromatic heterocycles. The molecule has 0 amide bonds. The predicted molar refractivity (Wildman–Crippen MR) is 86.5 cm³/mol. The van der Waals surface area contributed by atoms with Gasteiger partial charge in [0.05, 0.1) is 21.0 Å². The van der Waals surface area contributed by atoms with E-state index in [1.165, 1.54) is 30.6 Å². The number of hydrogen-bond donors (Lipinski definition) is 1. The van der Waals surface area contributed by atoms with Crippen LogP contribution in [0.5, 0.6) is 0 Å². The third-order valence-electron chi connectivity index (χ3n) is 4.20. The van der Waals surface area contributed by atoms with Crippen LogP contribution in [0.4, 0.5) is 5.69 Å². The van der Waals surface area contributed by atoms with Crippen molar-refractivity contribution in [3.63, 3.8) is 0 Å². The number of thiazole rings is 1. The van der Waals surface area contributed by atoms with Crippen LogP contribution >= 0.6 is 11.3 Å². The van der Waals surface area contributed by atoms with Gasteiger partial charge in [0.25, 0.3) is 0 Å². The first kappa shape index (κ1) is 14.0. The van der Waals surface area contributed by atoms with Gasteiger partial charge in [-0.2, -0.15) is 0 Å². The summed E-state index contributed by atoms with van der Waals surface area (Å²) < 4.78 is 14.7. The Bertz CT molecular complexity index is 638. The van der Waals surface area contributed by atoms with E-state index < -0.39 is 10.8 Å². The standard InChI is InChI=1S/C15H20N2OS2/c1-2-10-5-3-4-6-14(10)20(18)15-17-12-8-7-11(16)9-13(12)19-15/h7-10,14H,2-6,16H2,1H3. The predicted octanol–water partition coefficient (Wildman–Crippen LogP) is 3.95. The van der Waals surface area contributed by atoms with Gasteiger partial charge in [0.15, 0.2) is 4.34 Å². The topological polar surface area (TPSA) is 56.0 Å². The lowest BCUT2D eigenvalue weighted by Gasteiger charge is -2.29. The van der Waals surface area contributed by atoms with E-state index in [9.17, 15) is 4.21 Å².